The zero-order valence-electron chi connectivity index (χ0n) is 9.98. The largest absolute Gasteiger partial charge is 0.330 e. The second kappa shape index (κ2) is 5.43. The third-order valence-electron chi connectivity index (χ3n) is 2.93. The predicted octanol–water partition coefficient (Wildman–Crippen LogP) is 3.00. The number of fused-ring (bicyclic) bond motifs is 1. The third kappa shape index (κ3) is 2.93. The van der Waals surface area contributed by atoms with Crippen LogP contribution in [0.1, 0.15) is 18.9 Å². The maximum atomic E-state index is 11.9. The van der Waals surface area contributed by atoms with Gasteiger partial charge in [0.2, 0.25) is 0 Å². The van der Waals surface area contributed by atoms with Crippen molar-refractivity contribution >= 4 is 27.2 Å². The molecular weight excluding hydrogens is 230 g/mol. The van der Waals surface area contributed by atoms with E-state index in [0.29, 0.717) is 19.4 Å². The monoisotopic (exact) mass is 247 g/mol. The van der Waals surface area contributed by atoms with Crippen molar-refractivity contribution in [1.29, 1.82) is 0 Å². The van der Waals surface area contributed by atoms with Crippen LogP contribution in [0.25, 0.3) is 10.1 Å². The Bertz CT molecular complexity index is 518. The Balaban J connectivity index is 2.11. The first-order valence-electron chi connectivity index (χ1n) is 5.87. The Morgan fingerprint density at radius 3 is 2.94 bits per heavy atom. The van der Waals surface area contributed by atoms with E-state index in [-0.39, 0.29) is 11.7 Å². The van der Waals surface area contributed by atoms with Gasteiger partial charge >= 0.3 is 0 Å². The van der Waals surface area contributed by atoms with Crippen LogP contribution in [0.15, 0.2) is 29.6 Å². The van der Waals surface area contributed by atoms with Crippen molar-refractivity contribution in [3.05, 3.63) is 35.2 Å². The van der Waals surface area contributed by atoms with E-state index in [9.17, 15) is 4.79 Å². The van der Waals surface area contributed by atoms with Crippen LogP contribution in [0.5, 0.6) is 0 Å². The number of carbonyl (C=O) groups excluding carboxylic acids is 1. The van der Waals surface area contributed by atoms with Gasteiger partial charge in [-0.15, -0.1) is 11.3 Å². The standard InChI is InChI=1S/C14H17NOS/c1-10(8-15)6-12(16)7-11-9-17-14-5-3-2-4-13(11)14/h2-5,9-10H,6-8,15H2,1H3. The van der Waals surface area contributed by atoms with Crippen LogP contribution in [0.3, 0.4) is 0 Å². The maximum absolute atomic E-state index is 11.9. The molecule has 0 saturated carbocycles. The van der Waals surface area contributed by atoms with Crippen molar-refractivity contribution in [3.8, 4) is 0 Å². The lowest BCUT2D eigenvalue weighted by molar-refractivity contribution is -0.119. The molecule has 0 aliphatic heterocycles. The minimum Gasteiger partial charge on any atom is -0.330 e. The first-order valence-corrected chi connectivity index (χ1v) is 6.75. The van der Waals surface area contributed by atoms with E-state index in [2.05, 4.69) is 17.5 Å². The van der Waals surface area contributed by atoms with Crippen LogP contribution < -0.4 is 5.73 Å². The van der Waals surface area contributed by atoms with E-state index in [0.717, 1.165) is 5.56 Å². The number of carbonyl (C=O) groups is 1. The van der Waals surface area contributed by atoms with Gasteiger partial charge in [-0.2, -0.15) is 0 Å². The lowest BCUT2D eigenvalue weighted by atomic mass is 10.00. The van der Waals surface area contributed by atoms with Crippen molar-refractivity contribution in [1.82, 2.24) is 0 Å². The van der Waals surface area contributed by atoms with Gasteiger partial charge < -0.3 is 5.73 Å². The summed E-state index contributed by atoms with van der Waals surface area (Å²) in [6, 6.07) is 8.23. The SMILES string of the molecule is CC(CN)CC(=O)Cc1csc2ccccc12. The summed E-state index contributed by atoms with van der Waals surface area (Å²) in [4.78, 5) is 11.9. The Hall–Kier alpha value is -1.19. The summed E-state index contributed by atoms with van der Waals surface area (Å²) >= 11 is 1.70. The van der Waals surface area contributed by atoms with Crippen molar-refractivity contribution in [2.45, 2.75) is 19.8 Å². The van der Waals surface area contributed by atoms with Gasteiger partial charge in [0.15, 0.2) is 0 Å². The van der Waals surface area contributed by atoms with Crippen molar-refractivity contribution in [2.75, 3.05) is 6.54 Å². The number of benzene rings is 1. The van der Waals surface area contributed by atoms with Gasteiger partial charge in [-0.25, -0.2) is 0 Å². The molecule has 0 radical (unpaired) electrons. The quantitative estimate of drug-likeness (QED) is 0.882. The molecule has 0 aliphatic carbocycles. The van der Waals surface area contributed by atoms with Crippen LogP contribution in [0.2, 0.25) is 0 Å². The van der Waals surface area contributed by atoms with Crippen LogP contribution in [0.4, 0.5) is 0 Å². The van der Waals surface area contributed by atoms with E-state index >= 15 is 0 Å². The summed E-state index contributed by atoms with van der Waals surface area (Å²) < 4.78 is 1.25. The molecule has 0 saturated heterocycles. The van der Waals surface area contributed by atoms with Gasteiger partial charge in [0.25, 0.3) is 0 Å². The molecular formula is C14H17NOS. The van der Waals surface area contributed by atoms with Crippen LogP contribution >= 0.6 is 11.3 Å². The molecule has 1 unspecified atom stereocenters. The van der Waals surface area contributed by atoms with Gasteiger partial charge in [-0.1, -0.05) is 25.1 Å². The molecule has 2 aromatic rings. The zero-order valence-corrected chi connectivity index (χ0v) is 10.8. The summed E-state index contributed by atoms with van der Waals surface area (Å²) in [5.74, 6) is 0.568. The fraction of sp³-hybridized carbons (Fsp3) is 0.357. The summed E-state index contributed by atoms with van der Waals surface area (Å²) in [5, 5.41) is 3.31. The number of nitrogens with two attached hydrogens (primary N) is 1. The van der Waals surface area contributed by atoms with Gasteiger partial charge in [0.05, 0.1) is 0 Å². The number of hydrogen-bond acceptors (Lipinski definition) is 3. The van der Waals surface area contributed by atoms with Crippen LogP contribution in [0, 0.1) is 5.92 Å². The molecule has 17 heavy (non-hydrogen) atoms. The number of ketones is 1. The van der Waals surface area contributed by atoms with E-state index in [4.69, 9.17) is 5.73 Å². The molecule has 0 bridgehead atoms. The molecule has 3 heteroatoms. The number of thiophene rings is 1. The highest BCUT2D eigenvalue weighted by atomic mass is 32.1. The predicted molar refractivity (Wildman–Crippen MR) is 73.4 cm³/mol. The average Bonchev–Trinajstić information content (AvgIpc) is 2.72. The normalized spacial score (nSPS) is 12.8. The van der Waals surface area contributed by atoms with Crippen molar-refractivity contribution in [3.63, 3.8) is 0 Å². The first kappa shape index (κ1) is 12.3. The molecule has 0 aliphatic rings. The fourth-order valence-electron chi connectivity index (χ4n) is 1.93. The lowest BCUT2D eigenvalue weighted by Gasteiger charge is -2.06. The topological polar surface area (TPSA) is 43.1 Å². The highest BCUT2D eigenvalue weighted by Gasteiger charge is 2.11. The third-order valence-corrected chi connectivity index (χ3v) is 3.94. The first-order chi connectivity index (χ1) is 8.20. The number of rotatable bonds is 5. The summed E-state index contributed by atoms with van der Waals surface area (Å²) in [6.07, 6.45) is 1.12. The van der Waals surface area contributed by atoms with Gasteiger partial charge in [-0.3, -0.25) is 4.79 Å². The molecule has 1 heterocycles. The highest BCUT2D eigenvalue weighted by Crippen LogP contribution is 2.26. The molecule has 2 nitrogen and oxygen atoms in total. The minimum absolute atomic E-state index is 0.284. The summed E-state index contributed by atoms with van der Waals surface area (Å²) in [7, 11) is 0. The summed E-state index contributed by atoms with van der Waals surface area (Å²) in [5.41, 5.74) is 6.69. The molecule has 90 valence electrons. The zero-order chi connectivity index (χ0) is 12.3. The second-order valence-corrected chi connectivity index (χ2v) is 5.43. The van der Waals surface area contributed by atoms with E-state index in [1.54, 1.807) is 11.3 Å². The Morgan fingerprint density at radius 1 is 1.41 bits per heavy atom. The summed E-state index contributed by atoms with van der Waals surface area (Å²) in [6.45, 7) is 2.60. The van der Waals surface area contributed by atoms with Crippen molar-refractivity contribution < 1.29 is 4.79 Å². The minimum atomic E-state index is 0.284. The molecule has 0 fully saturated rings. The molecule has 0 spiro atoms. The highest BCUT2D eigenvalue weighted by molar-refractivity contribution is 7.17. The van der Waals surface area contributed by atoms with Crippen LogP contribution in [-0.2, 0) is 11.2 Å². The number of Topliss-reactive ketones (excluding diaryl/α,β-unsaturated/α-hetero) is 1. The van der Waals surface area contributed by atoms with Gasteiger partial charge in [-0.05, 0) is 34.9 Å². The molecule has 1 aromatic carbocycles. The maximum Gasteiger partial charge on any atom is 0.137 e. The molecule has 1 atom stereocenters. The van der Waals surface area contributed by atoms with Gasteiger partial charge in [0.1, 0.15) is 5.78 Å². The molecule has 1 aromatic heterocycles. The average molecular weight is 247 g/mol. The van der Waals surface area contributed by atoms with Crippen molar-refractivity contribution in [2.24, 2.45) is 11.7 Å². The molecule has 2 rings (SSSR count). The van der Waals surface area contributed by atoms with E-state index < -0.39 is 0 Å². The molecule has 0 amide bonds. The Kier molecular flexibility index (Phi) is 3.92. The Morgan fingerprint density at radius 2 is 2.18 bits per heavy atom. The van der Waals surface area contributed by atoms with Crippen LogP contribution in [-0.4, -0.2) is 12.3 Å². The van der Waals surface area contributed by atoms with Gasteiger partial charge in [0, 0.05) is 17.5 Å². The smallest absolute Gasteiger partial charge is 0.137 e. The fourth-order valence-corrected chi connectivity index (χ4v) is 2.89. The number of hydrogen-bond donors (Lipinski definition) is 1. The second-order valence-electron chi connectivity index (χ2n) is 4.52. The molecule has 2 N–H and O–H groups in total. The van der Waals surface area contributed by atoms with E-state index in [1.165, 1.54) is 10.1 Å². The Labute approximate surface area is 105 Å². The van der Waals surface area contributed by atoms with E-state index in [1.807, 2.05) is 19.1 Å². The lowest BCUT2D eigenvalue weighted by Crippen LogP contribution is -2.16.